The second-order valence-electron chi connectivity index (χ2n) is 11.9. The van der Waals surface area contributed by atoms with Crippen LogP contribution in [0.15, 0.2) is 42.6 Å². The van der Waals surface area contributed by atoms with Crippen LogP contribution in [-0.4, -0.2) is 70.3 Å². The van der Waals surface area contributed by atoms with Crippen molar-refractivity contribution in [3.05, 3.63) is 53.4 Å². The number of fused-ring (bicyclic) bond motifs is 5. The molecule has 40 heavy (non-hydrogen) atoms. The lowest BCUT2D eigenvalue weighted by molar-refractivity contribution is 0.108. The molecule has 8 rings (SSSR count). The topological polar surface area (TPSA) is 66.4 Å². The van der Waals surface area contributed by atoms with Gasteiger partial charge in [0.2, 0.25) is 0 Å². The fourth-order valence-electron chi connectivity index (χ4n) is 7.62. The van der Waals surface area contributed by atoms with Gasteiger partial charge in [0.1, 0.15) is 23.6 Å². The number of benzene rings is 2. The van der Waals surface area contributed by atoms with Crippen molar-refractivity contribution in [2.45, 2.75) is 56.1 Å². The molecule has 206 valence electrons. The van der Waals surface area contributed by atoms with Crippen LogP contribution in [-0.2, 0) is 0 Å². The third kappa shape index (κ3) is 3.95. The maximum absolute atomic E-state index is 16.6. The summed E-state index contributed by atoms with van der Waals surface area (Å²) in [6, 6.07) is 12.6. The second kappa shape index (κ2) is 9.50. The molecule has 2 atom stereocenters. The smallest absolute Gasteiger partial charge is 0.319 e. The van der Waals surface area contributed by atoms with Crippen molar-refractivity contribution < 1.29 is 9.13 Å². The molecule has 4 aliphatic rings. The molecule has 2 aromatic heterocycles. The normalized spacial score (nSPS) is 23.8. The fraction of sp³-hybridized carbons (Fsp3) is 0.452. The van der Waals surface area contributed by atoms with Crippen molar-refractivity contribution in [2.24, 2.45) is 0 Å². The highest BCUT2D eigenvalue weighted by Crippen LogP contribution is 2.41. The van der Waals surface area contributed by atoms with Crippen molar-refractivity contribution in [3.63, 3.8) is 0 Å². The Morgan fingerprint density at radius 2 is 1.77 bits per heavy atom. The van der Waals surface area contributed by atoms with Gasteiger partial charge in [0.15, 0.2) is 5.82 Å². The highest BCUT2D eigenvalue weighted by atomic mass is 35.5. The lowest BCUT2D eigenvalue weighted by Crippen LogP contribution is -2.51. The predicted molar refractivity (Wildman–Crippen MR) is 156 cm³/mol. The first-order valence-corrected chi connectivity index (χ1v) is 14.9. The maximum atomic E-state index is 16.6. The maximum Gasteiger partial charge on any atom is 0.319 e. The van der Waals surface area contributed by atoms with Crippen LogP contribution in [0, 0.1) is 5.82 Å². The molecule has 0 aliphatic carbocycles. The van der Waals surface area contributed by atoms with E-state index in [1.807, 2.05) is 30.3 Å². The summed E-state index contributed by atoms with van der Waals surface area (Å²) in [6.07, 6.45) is 8.61. The molecule has 7 nitrogen and oxygen atoms in total. The zero-order chi connectivity index (χ0) is 26.8. The molecule has 4 fully saturated rings. The second-order valence-corrected chi connectivity index (χ2v) is 12.3. The summed E-state index contributed by atoms with van der Waals surface area (Å²) in [5.41, 5.74) is 1.05. The van der Waals surface area contributed by atoms with Crippen molar-refractivity contribution in [2.75, 3.05) is 37.7 Å². The summed E-state index contributed by atoms with van der Waals surface area (Å²) >= 11 is 6.67. The van der Waals surface area contributed by atoms with Crippen molar-refractivity contribution in [1.29, 1.82) is 0 Å². The van der Waals surface area contributed by atoms with Gasteiger partial charge >= 0.3 is 6.01 Å². The van der Waals surface area contributed by atoms with E-state index < -0.39 is 5.82 Å². The predicted octanol–water partition coefficient (Wildman–Crippen LogP) is 5.59. The molecule has 0 spiro atoms. The summed E-state index contributed by atoms with van der Waals surface area (Å²) in [4.78, 5) is 19.1. The van der Waals surface area contributed by atoms with Crippen LogP contribution in [0.1, 0.15) is 38.5 Å². The molecule has 0 saturated carbocycles. The third-order valence-electron chi connectivity index (χ3n) is 9.56. The Balaban J connectivity index is 1.26. The first-order valence-electron chi connectivity index (χ1n) is 14.5. The minimum atomic E-state index is -0.496. The Hall–Kier alpha value is -3.07. The lowest BCUT2D eigenvalue weighted by Gasteiger charge is -2.34. The molecule has 6 heterocycles. The summed E-state index contributed by atoms with van der Waals surface area (Å²) in [5, 5.41) is 6.57. The summed E-state index contributed by atoms with van der Waals surface area (Å²) in [5.74, 6) is 0.205. The molecule has 2 aromatic carbocycles. The SMILES string of the molecule is Fc1c(-c2c(Cl)ccc3ccccc23)ncc2c(N3C[C@H]4CC[C@@H](C3)N4)nc(OCC34CCCN3CCC4)nc12. The van der Waals surface area contributed by atoms with E-state index in [9.17, 15) is 0 Å². The van der Waals surface area contributed by atoms with Crippen LogP contribution < -0.4 is 15.0 Å². The summed E-state index contributed by atoms with van der Waals surface area (Å²) in [7, 11) is 0. The molecular formula is C31H32ClFN6O. The van der Waals surface area contributed by atoms with E-state index in [4.69, 9.17) is 26.3 Å². The number of halogens is 2. The molecule has 1 N–H and O–H groups in total. The van der Waals surface area contributed by atoms with Crippen LogP contribution in [0.3, 0.4) is 0 Å². The van der Waals surface area contributed by atoms with Gasteiger partial charge in [-0.2, -0.15) is 9.97 Å². The quantitative estimate of drug-likeness (QED) is 0.343. The number of nitrogens with zero attached hydrogens (tertiary/aromatic N) is 5. The van der Waals surface area contributed by atoms with Gasteiger partial charge in [0.25, 0.3) is 0 Å². The van der Waals surface area contributed by atoms with E-state index in [-0.39, 0.29) is 22.8 Å². The molecule has 9 heteroatoms. The van der Waals surface area contributed by atoms with E-state index in [0.717, 1.165) is 62.6 Å². The van der Waals surface area contributed by atoms with Gasteiger partial charge in [0.05, 0.1) is 15.9 Å². The molecule has 2 bridgehead atoms. The Kier molecular flexibility index (Phi) is 5.87. The van der Waals surface area contributed by atoms with Gasteiger partial charge in [-0.05, 0) is 68.5 Å². The number of piperazine rings is 1. The van der Waals surface area contributed by atoms with Crippen LogP contribution in [0.4, 0.5) is 10.2 Å². The molecule has 4 aliphatic heterocycles. The number of pyridine rings is 1. The average Bonchev–Trinajstić information content (AvgIpc) is 3.66. The summed E-state index contributed by atoms with van der Waals surface area (Å²) in [6.45, 7) is 4.40. The fourth-order valence-corrected chi connectivity index (χ4v) is 7.87. The number of anilines is 1. The van der Waals surface area contributed by atoms with Gasteiger partial charge in [-0.25, -0.2) is 4.39 Å². The van der Waals surface area contributed by atoms with E-state index in [2.05, 4.69) is 20.1 Å². The molecule has 0 amide bonds. The molecule has 4 saturated heterocycles. The van der Waals surface area contributed by atoms with Gasteiger partial charge in [-0.3, -0.25) is 9.88 Å². The van der Waals surface area contributed by atoms with Crippen LogP contribution in [0.2, 0.25) is 5.02 Å². The van der Waals surface area contributed by atoms with Crippen molar-refractivity contribution in [3.8, 4) is 17.3 Å². The monoisotopic (exact) mass is 558 g/mol. The van der Waals surface area contributed by atoms with Crippen LogP contribution >= 0.6 is 11.6 Å². The Morgan fingerprint density at radius 1 is 1.00 bits per heavy atom. The number of hydrogen-bond donors (Lipinski definition) is 1. The standard InChI is InChI=1S/C31H32ClFN6O/c32-24-10-7-19-5-1-2-6-22(19)25(24)28-26(33)27-23(15-34-28)29(38-16-20-8-9-21(17-38)35-20)37-30(36-27)40-18-31-11-3-13-39(31)14-4-12-31/h1-2,5-7,10,15,20-21,35H,3-4,8-9,11-14,16-18H2/t20-,21+. The Morgan fingerprint density at radius 3 is 2.58 bits per heavy atom. The van der Waals surface area contributed by atoms with Gasteiger partial charge < -0.3 is 15.0 Å². The largest absolute Gasteiger partial charge is 0.461 e. The highest BCUT2D eigenvalue weighted by Gasteiger charge is 2.45. The van der Waals surface area contributed by atoms with Crippen LogP contribution in [0.5, 0.6) is 6.01 Å². The lowest BCUT2D eigenvalue weighted by atomic mass is 9.95. The Labute approximate surface area is 237 Å². The molecular weight excluding hydrogens is 527 g/mol. The molecule has 0 unspecified atom stereocenters. The van der Waals surface area contributed by atoms with E-state index in [1.54, 1.807) is 12.3 Å². The van der Waals surface area contributed by atoms with Gasteiger partial charge in [-0.1, -0.05) is 41.9 Å². The van der Waals surface area contributed by atoms with Crippen molar-refractivity contribution in [1.82, 2.24) is 25.2 Å². The zero-order valence-electron chi connectivity index (χ0n) is 22.4. The van der Waals surface area contributed by atoms with Crippen LogP contribution in [0.25, 0.3) is 32.9 Å². The van der Waals surface area contributed by atoms with E-state index >= 15 is 4.39 Å². The number of aromatic nitrogens is 3. The van der Waals surface area contributed by atoms with E-state index in [1.165, 1.54) is 12.8 Å². The third-order valence-corrected chi connectivity index (χ3v) is 9.87. The average molecular weight is 559 g/mol. The highest BCUT2D eigenvalue weighted by molar-refractivity contribution is 6.35. The van der Waals surface area contributed by atoms with E-state index in [0.29, 0.717) is 40.5 Å². The number of ether oxygens (including phenoxy) is 1. The van der Waals surface area contributed by atoms with Crippen molar-refractivity contribution >= 4 is 39.1 Å². The number of hydrogen-bond acceptors (Lipinski definition) is 7. The zero-order valence-corrected chi connectivity index (χ0v) is 23.1. The summed E-state index contributed by atoms with van der Waals surface area (Å²) < 4.78 is 23.0. The molecule has 4 aromatic rings. The molecule has 0 radical (unpaired) electrons. The van der Waals surface area contributed by atoms with Gasteiger partial charge in [0, 0.05) is 36.9 Å². The first kappa shape index (κ1) is 24.7. The Bertz CT molecular complexity index is 1610. The first-order chi connectivity index (χ1) is 19.6. The number of rotatable bonds is 5. The van der Waals surface area contributed by atoms with Gasteiger partial charge in [-0.15, -0.1) is 0 Å². The minimum absolute atomic E-state index is 0.0467. The minimum Gasteiger partial charge on any atom is -0.461 e. The number of nitrogens with one attached hydrogen (secondary N) is 1.